The number of carbonyl (C=O) groups is 3. The van der Waals surface area contributed by atoms with Gasteiger partial charge in [0.1, 0.15) is 5.70 Å². The van der Waals surface area contributed by atoms with Gasteiger partial charge in [-0.1, -0.05) is 27.5 Å². The van der Waals surface area contributed by atoms with Crippen LogP contribution in [0.4, 0.5) is 10.5 Å². The lowest BCUT2D eigenvalue weighted by Gasteiger charge is -2.12. The molecule has 1 aliphatic heterocycles. The highest BCUT2D eigenvalue weighted by Crippen LogP contribution is 2.35. The van der Waals surface area contributed by atoms with Gasteiger partial charge in [0.2, 0.25) is 0 Å². The van der Waals surface area contributed by atoms with Crippen LogP contribution in [0.15, 0.2) is 46.6 Å². The molecule has 2 aromatic carbocycles. The van der Waals surface area contributed by atoms with Crippen molar-refractivity contribution < 1.29 is 28.6 Å². The molecule has 1 saturated heterocycles. The van der Waals surface area contributed by atoms with Crippen molar-refractivity contribution in [2.75, 3.05) is 25.7 Å². The number of anilines is 1. The number of amides is 3. The van der Waals surface area contributed by atoms with Gasteiger partial charge in [-0.2, -0.15) is 0 Å². The molecule has 1 heterocycles. The first-order chi connectivity index (χ1) is 14.3. The Morgan fingerprint density at radius 3 is 2.50 bits per heavy atom. The number of carbonyl (C=O) groups excluding carboxylic acids is 3. The Morgan fingerprint density at radius 1 is 1.17 bits per heavy atom. The zero-order valence-corrected chi connectivity index (χ0v) is 18.2. The number of ether oxygens (including phenoxy) is 3. The summed E-state index contributed by atoms with van der Waals surface area (Å²) in [7, 11) is 2.70. The van der Waals surface area contributed by atoms with Crippen LogP contribution in [-0.4, -0.2) is 38.7 Å². The molecule has 0 atom stereocenters. The maximum atomic E-state index is 12.8. The monoisotopic (exact) mass is 494 g/mol. The van der Waals surface area contributed by atoms with Crippen LogP contribution in [0.25, 0.3) is 6.08 Å². The van der Waals surface area contributed by atoms with Crippen LogP contribution in [0, 0.1) is 0 Å². The Balaban J connectivity index is 1.89. The molecule has 8 nitrogen and oxygen atoms in total. The highest BCUT2D eigenvalue weighted by atomic mass is 79.9. The molecule has 0 aliphatic carbocycles. The van der Waals surface area contributed by atoms with Gasteiger partial charge in [0.15, 0.2) is 18.1 Å². The standard InChI is InChI=1S/C20H16BrClN2O6/c1-28-16-8-11(14(21)9-17(16)30-10-18(25)29-2)7-15-19(26)24(20(27)23-15)13-5-3-12(22)4-6-13/h3-9H,10H2,1-2H3,(H,23,27)/b15-7+. The van der Waals surface area contributed by atoms with E-state index in [1.165, 1.54) is 20.3 Å². The topological polar surface area (TPSA) is 94.2 Å². The first kappa shape index (κ1) is 21.7. The van der Waals surface area contributed by atoms with E-state index in [9.17, 15) is 14.4 Å². The molecule has 1 fully saturated rings. The van der Waals surface area contributed by atoms with Gasteiger partial charge >= 0.3 is 12.0 Å². The lowest BCUT2D eigenvalue weighted by molar-refractivity contribution is -0.142. The minimum absolute atomic E-state index is 0.0842. The maximum Gasteiger partial charge on any atom is 0.343 e. The van der Waals surface area contributed by atoms with Crippen LogP contribution in [0.5, 0.6) is 11.5 Å². The van der Waals surface area contributed by atoms with E-state index in [1.54, 1.807) is 36.4 Å². The highest BCUT2D eigenvalue weighted by Gasteiger charge is 2.35. The Labute approximate surface area is 185 Å². The number of halogens is 2. The van der Waals surface area contributed by atoms with Crippen molar-refractivity contribution in [3.63, 3.8) is 0 Å². The molecule has 1 N–H and O–H groups in total. The number of esters is 1. The van der Waals surface area contributed by atoms with Gasteiger partial charge in [-0.05, 0) is 48.0 Å². The van der Waals surface area contributed by atoms with Crippen LogP contribution in [0.3, 0.4) is 0 Å². The van der Waals surface area contributed by atoms with Crippen LogP contribution in [0.1, 0.15) is 5.56 Å². The van der Waals surface area contributed by atoms with Crippen LogP contribution < -0.4 is 19.7 Å². The van der Waals surface area contributed by atoms with Gasteiger partial charge in [-0.25, -0.2) is 14.5 Å². The van der Waals surface area contributed by atoms with Gasteiger partial charge in [-0.3, -0.25) is 4.79 Å². The molecule has 3 rings (SSSR count). The zero-order valence-electron chi connectivity index (χ0n) is 15.9. The van der Waals surface area contributed by atoms with Crippen LogP contribution in [0.2, 0.25) is 5.02 Å². The summed E-state index contributed by atoms with van der Waals surface area (Å²) in [6.07, 6.45) is 1.51. The Hall–Kier alpha value is -3.04. The molecule has 0 radical (unpaired) electrons. The quantitative estimate of drug-likeness (QED) is 0.373. The van der Waals surface area contributed by atoms with Gasteiger partial charge < -0.3 is 19.5 Å². The number of nitrogens with zero attached hydrogens (tertiary/aromatic N) is 1. The van der Waals surface area contributed by atoms with Gasteiger partial charge in [-0.15, -0.1) is 0 Å². The van der Waals surface area contributed by atoms with Crippen molar-refractivity contribution >= 4 is 57.2 Å². The van der Waals surface area contributed by atoms with E-state index in [1.807, 2.05) is 0 Å². The third kappa shape index (κ3) is 4.58. The fourth-order valence-electron chi connectivity index (χ4n) is 2.64. The number of hydrogen-bond donors (Lipinski definition) is 1. The summed E-state index contributed by atoms with van der Waals surface area (Å²) in [6.45, 7) is -0.287. The van der Waals surface area contributed by atoms with Crippen molar-refractivity contribution in [1.29, 1.82) is 0 Å². The molecule has 0 unspecified atom stereocenters. The SMILES string of the molecule is COC(=O)COc1cc(Br)c(/C=C2/NC(=O)N(c3ccc(Cl)cc3)C2=O)cc1OC. The van der Waals surface area contributed by atoms with Gasteiger partial charge in [0, 0.05) is 9.50 Å². The third-order valence-corrected chi connectivity index (χ3v) is 5.06. The minimum atomic E-state index is -0.574. The molecule has 10 heteroatoms. The summed E-state index contributed by atoms with van der Waals surface area (Å²) in [5, 5.41) is 3.05. The number of benzene rings is 2. The molecular weight excluding hydrogens is 480 g/mol. The van der Waals surface area contributed by atoms with E-state index in [4.69, 9.17) is 21.1 Å². The van der Waals surface area contributed by atoms with Crippen molar-refractivity contribution in [3.05, 3.63) is 57.2 Å². The molecular formula is C20H16BrClN2O6. The molecule has 156 valence electrons. The van der Waals surface area contributed by atoms with Crippen LogP contribution >= 0.6 is 27.5 Å². The number of imide groups is 1. The van der Waals surface area contributed by atoms with Crippen molar-refractivity contribution in [2.24, 2.45) is 0 Å². The Morgan fingerprint density at radius 2 is 1.87 bits per heavy atom. The molecule has 0 saturated carbocycles. The summed E-state index contributed by atoms with van der Waals surface area (Å²) >= 11 is 9.26. The first-order valence-corrected chi connectivity index (χ1v) is 9.71. The smallest absolute Gasteiger partial charge is 0.343 e. The molecule has 0 aromatic heterocycles. The first-order valence-electron chi connectivity index (χ1n) is 8.54. The number of nitrogens with one attached hydrogen (secondary N) is 1. The van der Waals surface area contributed by atoms with Crippen LogP contribution in [-0.2, 0) is 14.3 Å². The summed E-state index contributed by atoms with van der Waals surface area (Å²) < 4.78 is 15.8. The highest BCUT2D eigenvalue weighted by molar-refractivity contribution is 9.10. The van der Waals surface area contributed by atoms with E-state index < -0.39 is 17.9 Å². The molecule has 0 bridgehead atoms. The fraction of sp³-hybridized carbons (Fsp3) is 0.150. The number of hydrogen-bond acceptors (Lipinski definition) is 6. The molecule has 1 aliphatic rings. The second kappa shape index (κ2) is 9.19. The molecule has 0 spiro atoms. The fourth-order valence-corrected chi connectivity index (χ4v) is 3.21. The average molecular weight is 496 g/mol. The van der Waals surface area contributed by atoms with E-state index in [0.29, 0.717) is 32.2 Å². The third-order valence-electron chi connectivity index (χ3n) is 4.12. The Kier molecular flexibility index (Phi) is 6.63. The average Bonchev–Trinajstić information content (AvgIpc) is 3.01. The molecule has 30 heavy (non-hydrogen) atoms. The van der Waals surface area contributed by atoms with Crippen molar-refractivity contribution in [3.8, 4) is 11.5 Å². The van der Waals surface area contributed by atoms with E-state index in [-0.39, 0.29) is 12.3 Å². The summed E-state index contributed by atoms with van der Waals surface area (Å²) in [4.78, 5) is 37.4. The predicted octanol–water partition coefficient (Wildman–Crippen LogP) is 3.76. The van der Waals surface area contributed by atoms with E-state index in [2.05, 4.69) is 26.0 Å². The maximum absolute atomic E-state index is 12.8. The van der Waals surface area contributed by atoms with E-state index in [0.717, 1.165) is 4.90 Å². The zero-order chi connectivity index (χ0) is 21.8. The second-order valence-electron chi connectivity index (χ2n) is 5.99. The second-order valence-corrected chi connectivity index (χ2v) is 7.29. The number of urea groups is 1. The molecule has 3 amide bonds. The van der Waals surface area contributed by atoms with Crippen molar-refractivity contribution in [1.82, 2.24) is 5.32 Å². The largest absolute Gasteiger partial charge is 0.493 e. The molecule has 2 aromatic rings. The van der Waals surface area contributed by atoms with E-state index >= 15 is 0 Å². The lowest BCUT2D eigenvalue weighted by atomic mass is 10.1. The number of methoxy groups -OCH3 is 2. The predicted molar refractivity (Wildman–Crippen MR) is 114 cm³/mol. The summed E-state index contributed by atoms with van der Waals surface area (Å²) in [5.74, 6) is -0.415. The lowest BCUT2D eigenvalue weighted by Crippen LogP contribution is -2.30. The number of rotatable bonds is 6. The van der Waals surface area contributed by atoms with Gasteiger partial charge in [0.05, 0.1) is 19.9 Å². The normalized spacial score (nSPS) is 14.7. The Bertz CT molecular complexity index is 1040. The summed E-state index contributed by atoms with van der Waals surface area (Å²) in [5.41, 5.74) is 1.04. The van der Waals surface area contributed by atoms with Crippen molar-refractivity contribution in [2.45, 2.75) is 0 Å². The van der Waals surface area contributed by atoms with Gasteiger partial charge in [0.25, 0.3) is 5.91 Å². The minimum Gasteiger partial charge on any atom is -0.493 e. The summed E-state index contributed by atoms with van der Waals surface area (Å²) in [6, 6.07) is 8.96.